The molecule has 0 fully saturated rings. The SMILES string of the molecule is CCNS(=O)(=O)CCCCN. The van der Waals surface area contributed by atoms with Crippen molar-refractivity contribution in [3.05, 3.63) is 0 Å². The van der Waals surface area contributed by atoms with Crippen molar-refractivity contribution >= 4 is 10.0 Å². The van der Waals surface area contributed by atoms with Crippen LogP contribution in [0.15, 0.2) is 0 Å². The molecule has 0 amide bonds. The lowest BCUT2D eigenvalue weighted by Crippen LogP contribution is -2.26. The van der Waals surface area contributed by atoms with Crippen molar-refractivity contribution in [2.45, 2.75) is 19.8 Å². The van der Waals surface area contributed by atoms with Gasteiger partial charge in [0.15, 0.2) is 0 Å². The van der Waals surface area contributed by atoms with E-state index in [1.54, 1.807) is 6.92 Å². The van der Waals surface area contributed by atoms with Gasteiger partial charge in [0.05, 0.1) is 5.75 Å². The molecule has 68 valence electrons. The van der Waals surface area contributed by atoms with Crippen molar-refractivity contribution in [3.63, 3.8) is 0 Å². The fourth-order valence-electron chi connectivity index (χ4n) is 0.729. The van der Waals surface area contributed by atoms with Crippen molar-refractivity contribution in [2.24, 2.45) is 5.73 Å². The zero-order valence-corrected chi connectivity index (χ0v) is 7.65. The van der Waals surface area contributed by atoms with Crippen LogP contribution in [0.5, 0.6) is 0 Å². The third-order valence-electron chi connectivity index (χ3n) is 1.23. The Morgan fingerprint density at radius 2 is 2.00 bits per heavy atom. The summed E-state index contributed by atoms with van der Waals surface area (Å²) in [4.78, 5) is 0. The van der Waals surface area contributed by atoms with Gasteiger partial charge < -0.3 is 5.73 Å². The quantitative estimate of drug-likeness (QED) is 0.549. The van der Waals surface area contributed by atoms with Crippen molar-refractivity contribution in [1.82, 2.24) is 4.72 Å². The fourth-order valence-corrected chi connectivity index (χ4v) is 1.90. The molecular formula is C6H16N2O2S. The highest BCUT2D eigenvalue weighted by molar-refractivity contribution is 7.89. The molecule has 5 heteroatoms. The van der Waals surface area contributed by atoms with Crippen molar-refractivity contribution in [1.29, 1.82) is 0 Å². The highest BCUT2D eigenvalue weighted by Crippen LogP contribution is 1.92. The van der Waals surface area contributed by atoms with Crippen LogP contribution in [0, 0.1) is 0 Å². The molecule has 3 N–H and O–H groups in total. The summed E-state index contributed by atoms with van der Waals surface area (Å²) in [6, 6.07) is 0. The van der Waals surface area contributed by atoms with E-state index in [0.717, 1.165) is 6.42 Å². The topological polar surface area (TPSA) is 72.2 Å². The van der Waals surface area contributed by atoms with Crippen LogP contribution in [-0.2, 0) is 10.0 Å². The van der Waals surface area contributed by atoms with Crippen LogP contribution < -0.4 is 10.5 Å². The average Bonchev–Trinajstić information content (AvgIpc) is 1.87. The molecule has 0 saturated carbocycles. The Morgan fingerprint density at radius 3 is 2.45 bits per heavy atom. The van der Waals surface area contributed by atoms with Crippen molar-refractivity contribution in [3.8, 4) is 0 Å². The second-order valence-electron chi connectivity index (χ2n) is 2.31. The Labute approximate surface area is 68.2 Å². The number of unbranched alkanes of at least 4 members (excludes halogenated alkanes) is 1. The van der Waals surface area contributed by atoms with Crippen LogP contribution in [0.1, 0.15) is 19.8 Å². The summed E-state index contributed by atoms with van der Waals surface area (Å²) in [5.74, 6) is 0.192. The van der Waals surface area contributed by atoms with Crippen LogP contribution in [0.2, 0.25) is 0 Å². The van der Waals surface area contributed by atoms with Crippen molar-refractivity contribution < 1.29 is 8.42 Å². The van der Waals surface area contributed by atoms with Gasteiger partial charge in [-0.05, 0) is 19.4 Å². The van der Waals surface area contributed by atoms with Gasteiger partial charge in [-0.25, -0.2) is 13.1 Å². The summed E-state index contributed by atoms with van der Waals surface area (Å²) in [7, 11) is -3.01. The van der Waals surface area contributed by atoms with Gasteiger partial charge in [-0.1, -0.05) is 6.92 Å². The van der Waals surface area contributed by atoms with Gasteiger partial charge in [0, 0.05) is 6.54 Å². The van der Waals surface area contributed by atoms with E-state index in [-0.39, 0.29) is 5.75 Å². The molecule has 0 atom stereocenters. The Kier molecular flexibility index (Phi) is 5.45. The van der Waals surface area contributed by atoms with Crippen LogP contribution in [-0.4, -0.2) is 27.3 Å². The lowest BCUT2D eigenvalue weighted by molar-refractivity contribution is 0.579. The number of nitrogens with two attached hydrogens (primary N) is 1. The standard InChI is InChI=1S/C6H16N2O2S/c1-2-8-11(9,10)6-4-3-5-7/h8H,2-7H2,1H3. The summed E-state index contributed by atoms with van der Waals surface area (Å²) in [6.45, 7) is 2.78. The fraction of sp³-hybridized carbons (Fsp3) is 1.00. The Morgan fingerprint density at radius 1 is 1.36 bits per heavy atom. The van der Waals surface area contributed by atoms with Gasteiger partial charge in [0.25, 0.3) is 0 Å². The zero-order chi connectivity index (χ0) is 8.74. The molecule has 0 aromatic carbocycles. The number of sulfonamides is 1. The first kappa shape index (κ1) is 10.9. The molecule has 0 aliphatic carbocycles. The summed E-state index contributed by atoms with van der Waals surface area (Å²) >= 11 is 0. The molecule has 0 heterocycles. The third kappa shape index (κ3) is 6.28. The van der Waals surface area contributed by atoms with Gasteiger partial charge in [-0.15, -0.1) is 0 Å². The first-order valence-electron chi connectivity index (χ1n) is 3.80. The maximum atomic E-state index is 11.0. The maximum absolute atomic E-state index is 11.0. The molecular weight excluding hydrogens is 164 g/mol. The second-order valence-corrected chi connectivity index (χ2v) is 4.24. The van der Waals surface area contributed by atoms with Gasteiger partial charge in [-0.3, -0.25) is 0 Å². The maximum Gasteiger partial charge on any atom is 0.211 e. The van der Waals surface area contributed by atoms with Gasteiger partial charge in [-0.2, -0.15) is 0 Å². The van der Waals surface area contributed by atoms with Gasteiger partial charge in [0.1, 0.15) is 0 Å². The normalized spacial score (nSPS) is 11.8. The summed E-state index contributed by atoms with van der Waals surface area (Å²) in [6.07, 6.45) is 1.41. The van der Waals surface area contributed by atoms with Crippen molar-refractivity contribution in [2.75, 3.05) is 18.8 Å². The largest absolute Gasteiger partial charge is 0.330 e. The van der Waals surface area contributed by atoms with Crippen LogP contribution in [0.4, 0.5) is 0 Å². The number of hydrogen-bond donors (Lipinski definition) is 2. The Hall–Kier alpha value is -0.130. The van der Waals surface area contributed by atoms with E-state index in [4.69, 9.17) is 5.73 Å². The first-order valence-corrected chi connectivity index (χ1v) is 5.45. The minimum atomic E-state index is -3.01. The predicted molar refractivity (Wildman–Crippen MR) is 45.8 cm³/mol. The minimum Gasteiger partial charge on any atom is -0.330 e. The molecule has 0 saturated heterocycles. The van der Waals surface area contributed by atoms with E-state index < -0.39 is 10.0 Å². The number of rotatable bonds is 6. The summed E-state index contributed by atoms with van der Waals surface area (Å²) in [5.41, 5.74) is 5.22. The minimum absolute atomic E-state index is 0.192. The highest BCUT2D eigenvalue weighted by Gasteiger charge is 2.06. The molecule has 0 rings (SSSR count). The van der Waals surface area contributed by atoms with E-state index >= 15 is 0 Å². The van der Waals surface area contributed by atoms with Gasteiger partial charge >= 0.3 is 0 Å². The van der Waals surface area contributed by atoms with E-state index in [2.05, 4.69) is 4.72 Å². The lowest BCUT2D eigenvalue weighted by Gasteiger charge is -2.02. The average molecular weight is 180 g/mol. The molecule has 0 aliphatic heterocycles. The Bertz CT molecular complexity index is 177. The van der Waals surface area contributed by atoms with Crippen LogP contribution in [0.25, 0.3) is 0 Å². The second kappa shape index (κ2) is 5.51. The van der Waals surface area contributed by atoms with E-state index in [9.17, 15) is 8.42 Å². The molecule has 4 nitrogen and oxygen atoms in total. The van der Waals surface area contributed by atoms with Crippen LogP contribution >= 0.6 is 0 Å². The van der Waals surface area contributed by atoms with E-state index in [1.165, 1.54) is 0 Å². The number of nitrogens with one attached hydrogen (secondary N) is 1. The summed E-state index contributed by atoms with van der Waals surface area (Å²) < 4.78 is 24.3. The van der Waals surface area contributed by atoms with Gasteiger partial charge in [0.2, 0.25) is 10.0 Å². The lowest BCUT2D eigenvalue weighted by atomic mass is 10.3. The molecule has 0 radical (unpaired) electrons. The smallest absolute Gasteiger partial charge is 0.211 e. The molecule has 0 aliphatic rings. The third-order valence-corrected chi connectivity index (χ3v) is 2.79. The molecule has 0 aromatic rings. The van der Waals surface area contributed by atoms with E-state index in [0.29, 0.717) is 19.5 Å². The Balaban J connectivity index is 3.56. The zero-order valence-electron chi connectivity index (χ0n) is 6.84. The molecule has 11 heavy (non-hydrogen) atoms. The highest BCUT2D eigenvalue weighted by atomic mass is 32.2. The molecule has 0 bridgehead atoms. The predicted octanol–water partition coefficient (Wildman–Crippen LogP) is -0.335. The van der Waals surface area contributed by atoms with Crippen LogP contribution in [0.3, 0.4) is 0 Å². The molecule has 0 aromatic heterocycles. The number of hydrogen-bond acceptors (Lipinski definition) is 3. The molecule has 0 unspecified atom stereocenters. The molecule has 0 spiro atoms. The summed E-state index contributed by atoms with van der Waals surface area (Å²) in [5, 5.41) is 0. The monoisotopic (exact) mass is 180 g/mol. The first-order chi connectivity index (χ1) is 5.12. The van der Waals surface area contributed by atoms with E-state index in [1.807, 2.05) is 0 Å².